The minimum atomic E-state index is 0.100. The van der Waals surface area contributed by atoms with E-state index < -0.39 is 0 Å². The van der Waals surface area contributed by atoms with Crippen LogP contribution in [0.1, 0.15) is 61.8 Å². The maximum absolute atomic E-state index is 7.38. The van der Waals surface area contributed by atoms with Crippen LogP contribution in [0.15, 0.2) is 23.8 Å². The van der Waals surface area contributed by atoms with Gasteiger partial charge < -0.3 is 5.41 Å². The van der Waals surface area contributed by atoms with Crippen molar-refractivity contribution in [2.75, 3.05) is 0 Å². The first-order valence-corrected chi connectivity index (χ1v) is 7.39. The van der Waals surface area contributed by atoms with Crippen LogP contribution >= 0.6 is 0 Å². The molecule has 0 saturated carbocycles. The summed E-state index contributed by atoms with van der Waals surface area (Å²) >= 11 is 0. The van der Waals surface area contributed by atoms with E-state index in [1.54, 1.807) is 0 Å². The highest BCUT2D eigenvalue weighted by Gasteiger charge is 2.27. The van der Waals surface area contributed by atoms with Crippen molar-refractivity contribution in [2.24, 2.45) is 22.7 Å². The second kappa shape index (κ2) is 7.07. The van der Waals surface area contributed by atoms with Crippen LogP contribution in [-0.4, -0.2) is 6.21 Å². The van der Waals surface area contributed by atoms with Crippen LogP contribution in [0.3, 0.4) is 0 Å². The molecule has 0 rings (SSSR count). The molecule has 0 aromatic heterocycles. The summed E-state index contributed by atoms with van der Waals surface area (Å²) in [5.41, 5.74) is 1.65. The van der Waals surface area contributed by atoms with Crippen molar-refractivity contribution in [2.45, 2.75) is 61.8 Å². The van der Waals surface area contributed by atoms with Crippen LogP contribution in [0.5, 0.6) is 0 Å². The average molecular weight is 263 g/mol. The summed E-state index contributed by atoms with van der Waals surface area (Å²) < 4.78 is 0. The van der Waals surface area contributed by atoms with E-state index in [0.717, 1.165) is 6.42 Å². The number of allylic oxidation sites excluding steroid dienone is 4. The van der Waals surface area contributed by atoms with Crippen LogP contribution in [0.25, 0.3) is 0 Å². The second-order valence-electron chi connectivity index (χ2n) is 7.87. The van der Waals surface area contributed by atoms with Gasteiger partial charge in [0, 0.05) is 6.21 Å². The van der Waals surface area contributed by atoms with Gasteiger partial charge in [-0.15, -0.1) is 0 Å². The maximum Gasteiger partial charge on any atom is 0.0180 e. The van der Waals surface area contributed by atoms with Gasteiger partial charge in [0.25, 0.3) is 0 Å². The molecule has 19 heavy (non-hydrogen) atoms. The van der Waals surface area contributed by atoms with Gasteiger partial charge in [-0.25, -0.2) is 0 Å². The summed E-state index contributed by atoms with van der Waals surface area (Å²) in [6, 6.07) is 0. The Bertz CT molecular complexity index is 337. The lowest BCUT2D eigenvalue weighted by Gasteiger charge is -2.33. The minimum Gasteiger partial charge on any atom is -0.309 e. The molecular weight excluding hydrogens is 230 g/mol. The van der Waals surface area contributed by atoms with E-state index in [2.05, 4.69) is 67.5 Å². The Kier molecular flexibility index (Phi) is 6.76. The highest BCUT2D eigenvalue weighted by atomic mass is 14.3. The Morgan fingerprint density at radius 1 is 1.05 bits per heavy atom. The lowest BCUT2D eigenvalue weighted by Crippen LogP contribution is -2.22. The molecule has 0 radical (unpaired) electrons. The molecule has 0 spiro atoms. The molecule has 1 nitrogen and oxygen atoms in total. The van der Waals surface area contributed by atoms with Gasteiger partial charge in [0.15, 0.2) is 0 Å². The summed E-state index contributed by atoms with van der Waals surface area (Å²) in [6.07, 6.45) is 8.96. The SMILES string of the molecule is CC(C)C(C)/C=C\C(=C/C=N)C(C)(C)CC(C)(C)C. The first-order chi connectivity index (χ1) is 8.49. The van der Waals surface area contributed by atoms with Gasteiger partial charge in [0.2, 0.25) is 0 Å². The van der Waals surface area contributed by atoms with Crippen LogP contribution in [-0.2, 0) is 0 Å². The topological polar surface area (TPSA) is 23.9 Å². The van der Waals surface area contributed by atoms with Crippen molar-refractivity contribution in [3.05, 3.63) is 23.8 Å². The lowest BCUT2D eigenvalue weighted by molar-refractivity contribution is 0.253. The van der Waals surface area contributed by atoms with Crippen LogP contribution < -0.4 is 0 Å². The van der Waals surface area contributed by atoms with Gasteiger partial charge in [-0.2, -0.15) is 0 Å². The monoisotopic (exact) mass is 263 g/mol. The van der Waals surface area contributed by atoms with Crippen LogP contribution in [0.4, 0.5) is 0 Å². The number of hydrogen-bond donors (Lipinski definition) is 1. The zero-order valence-corrected chi connectivity index (χ0v) is 14.2. The van der Waals surface area contributed by atoms with Crippen molar-refractivity contribution < 1.29 is 0 Å². The fourth-order valence-electron chi connectivity index (χ4n) is 2.50. The zero-order valence-electron chi connectivity index (χ0n) is 14.2. The van der Waals surface area contributed by atoms with Gasteiger partial charge in [0.1, 0.15) is 0 Å². The number of hydrogen-bond acceptors (Lipinski definition) is 1. The average Bonchev–Trinajstić information content (AvgIpc) is 2.19. The molecule has 0 bridgehead atoms. The molecular formula is C18H33N. The normalized spacial score (nSPS) is 16.2. The summed E-state index contributed by atoms with van der Waals surface area (Å²) in [5, 5.41) is 7.38. The van der Waals surface area contributed by atoms with Crippen LogP contribution in [0, 0.1) is 28.1 Å². The largest absolute Gasteiger partial charge is 0.309 e. The Morgan fingerprint density at radius 3 is 1.95 bits per heavy atom. The smallest absolute Gasteiger partial charge is 0.0180 e. The van der Waals surface area contributed by atoms with Crippen molar-refractivity contribution >= 4 is 6.21 Å². The summed E-state index contributed by atoms with van der Waals surface area (Å²) in [5.74, 6) is 1.22. The van der Waals surface area contributed by atoms with Crippen molar-refractivity contribution in [3.8, 4) is 0 Å². The van der Waals surface area contributed by atoms with E-state index in [-0.39, 0.29) is 5.41 Å². The first-order valence-electron chi connectivity index (χ1n) is 7.39. The lowest BCUT2D eigenvalue weighted by atomic mass is 9.71. The highest BCUT2D eigenvalue weighted by molar-refractivity contribution is 5.70. The zero-order chi connectivity index (χ0) is 15.3. The Balaban J connectivity index is 5.12. The quantitative estimate of drug-likeness (QED) is 0.457. The third kappa shape index (κ3) is 7.34. The van der Waals surface area contributed by atoms with Gasteiger partial charge in [0.05, 0.1) is 0 Å². The fourth-order valence-corrected chi connectivity index (χ4v) is 2.50. The summed E-state index contributed by atoms with van der Waals surface area (Å²) in [4.78, 5) is 0. The van der Waals surface area contributed by atoms with Gasteiger partial charge in [-0.1, -0.05) is 67.5 Å². The number of rotatable bonds is 6. The van der Waals surface area contributed by atoms with E-state index in [4.69, 9.17) is 5.41 Å². The molecule has 0 aliphatic heterocycles. The molecule has 0 aliphatic rings. The van der Waals surface area contributed by atoms with Gasteiger partial charge in [-0.3, -0.25) is 0 Å². The van der Waals surface area contributed by atoms with Crippen molar-refractivity contribution in [3.63, 3.8) is 0 Å². The van der Waals surface area contributed by atoms with Crippen molar-refractivity contribution in [1.82, 2.24) is 0 Å². The first kappa shape index (κ1) is 18.1. The van der Waals surface area contributed by atoms with Gasteiger partial charge in [-0.05, 0) is 40.7 Å². The Labute approximate surface area is 120 Å². The standard InChI is InChI=1S/C18H33N/c1-14(2)15(3)9-10-16(11-12-19)18(7,8)13-17(4,5)6/h9-12,14-15,19H,13H2,1-8H3/b10-9-,16-11+,19-12?. The van der Waals surface area contributed by atoms with Crippen molar-refractivity contribution in [1.29, 1.82) is 5.41 Å². The molecule has 1 atom stereocenters. The molecule has 1 N–H and O–H groups in total. The van der Waals surface area contributed by atoms with Crippen LogP contribution in [0.2, 0.25) is 0 Å². The third-order valence-corrected chi connectivity index (χ3v) is 3.65. The molecule has 1 heteroatoms. The molecule has 0 fully saturated rings. The maximum atomic E-state index is 7.38. The molecule has 110 valence electrons. The molecule has 0 saturated heterocycles. The van der Waals surface area contributed by atoms with E-state index in [9.17, 15) is 0 Å². The Hall–Kier alpha value is -0.850. The third-order valence-electron chi connectivity index (χ3n) is 3.65. The van der Waals surface area contributed by atoms with E-state index >= 15 is 0 Å². The molecule has 0 aromatic carbocycles. The highest BCUT2D eigenvalue weighted by Crippen LogP contribution is 2.39. The van der Waals surface area contributed by atoms with E-state index in [0.29, 0.717) is 17.3 Å². The van der Waals surface area contributed by atoms with E-state index in [1.165, 1.54) is 11.8 Å². The molecule has 0 amide bonds. The predicted octanol–water partition coefficient (Wildman–Crippen LogP) is 5.87. The second-order valence-corrected chi connectivity index (χ2v) is 7.87. The summed E-state index contributed by atoms with van der Waals surface area (Å²) in [7, 11) is 0. The minimum absolute atomic E-state index is 0.100. The molecule has 0 aliphatic carbocycles. The molecule has 0 heterocycles. The molecule has 1 unspecified atom stereocenters. The molecule has 0 aromatic rings. The van der Waals surface area contributed by atoms with Gasteiger partial charge >= 0.3 is 0 Å². The Morgan fingerprint density at radius 2 is 1.58 bits per heavy atom. The summed E-state index contributed by atoms with van der Waals surface area (Å²) in [6.45, 7) is 18.1. The number of nitrogens with one attached hydrogen (secondary N) is 1. The fraction of sp³-hybridized carbons (Fsp3) is 0.722. The predicted molar refractivity (Wildman–Crippen MR) is 87.9 cm³/mol. The van der Waals surface area contributed by atoms with E-state index in [1.807, 2.05) is 6.08 Å².